The zero-order valence-corrected chi connectivity index (χ0v) is 7.70. The molecule has 0 fully saturated rings. The van der Waals surface area contributed by atoms with E-state index in [1.165, 1.54) is 12.1 Å². The molecule has 2 amide bonds. The van der Waals surface area contributed by atoms with Crippen LogP contribution in [0, 0.1) is 18.2 Å². The predicted molar refractivity (Wildman–Crippen MR) is 54.6 cm³/mol. The molecule has 0 aliphatic carbocycles. The third-order valence-electron chi connectivity index (χ3n) is 1.58. The first-order chi connectivity index (χ1) is 7.15. The van der Waals surface area contributed by atoms with Crippen molar-refractivity contribution in [3.8, 4) is 12.3 Å². The van der Waals surface area contributed by atoms with Crippen molar-refractivity contribution in [1.29, 1.82) is 0 Å². The first kappa shape index (κ1) is 10.7. The van der Waals surface area contributed by atoms with Crippen molar-refractivity contribution in [1.82, 2.24) is 5.43 Å². The van der Waals surface area contributed by atoms with Gasteiger partial charge in [0.2, 0.25) is 0 Å². The van der Waals surface area contributed by atoms with E-state index >= 15 is 0 Å². The van der Waals surface area contributed by atoms with Gasteiger partial charge in [-0.3, -0.25) is 0 Å². The zero-order chi connectivity index (χ0) is 11.3. The zero-order valence-electron chi connectivity index (χ0n) is 7.70. The Labute approximate surface area is 86.0 Å². The van der Waals surface area contributed by atoms with Gasteiger partial charge in [0.1, 0.15) is 5.82 Å². The van der Waals surface area contributed by atoms with Crippen molar-refractivity contribution in [2.75, 3.05) is 0 Å². The van der Waals surface area contributed by atoms with E-state index in [4.69, 9.17) is 12.2 Å². The molecule has 15 heavy (non-hydrogen) atoms. The van der Waals surface area contributed by atoms with E-state index in [1.807, 2.05) is 5.43 Å². The number of carbonyl (C=O) groups is 1. The quantitative estimate of drug-likeness (QED) is 0.418. The van der Waals surface area contributed by atoms with Gasteiger partial charge in [-0.25, -0.2) is 14.6 Å². The fourth-order valence-electron chi connectivity index (χ4n) is 0.955. The van der Waals surface area contributed by atoms with Crippen LogP contribution in [0.1, 0.15) is 11.1 Å². The molecule has 0 saturated heterocycles. The number of nitrogens with two attached hydrogens (primary N) is 1. The van der Waals surface area contributed by atoms with Gasteiger partial charge in [-0.2, -0.15) is 5.10 Å². The molecule has 0 spiro atoms. The highest BCUT2D eigenvalue weighted by Crippen LogP contribution is 2.09. The molecule has 5 heteroatoms. The summed E-state index contributed by atoms with van der Waals surface area (Å²) in [6.07, 6.45) is 6.27. The number of hydrazone groups is 1. The summed E-state index contributed by atoms with van der Waals surface area (Å²) in [5, 5.41) is 3.43. The molecule has 0 aliphatic rings. The predicted octanol–water partition coefficient (Wildman–Crippen LogP) is 0.809. The van der Waals surface area contributed by atoms with Crippen LogP contribution in [0.25, 0.3) is 0 Å². The molecule has 1 aromatic rings. The summed E-state index contributed by atoms with van der Waals surface area (Å²) in [6.45, 7) is 0. The summed E-state index contributed by atoms with van der Waals surface area (Å²) >= 11 is 0. The number of amides is 2. The topological polar surface area (TPSA) is 67.5 Å². The fraction of sp³-hybridized carbons (Fsp3) is 0. The smallest absolute Gasteiger partial charge is 0.332 e. The molecule has 76 valence electrons. The van der Waals surface area contributed by atoms with Crippen molar-refractivity contribution in [3.05, 3.63) is 35.1 Å². The third kappa shape index (κ3) is 2.81. The SMILES string of the molecule is C#Cc1cccc(F)c1C=NNC(N)=O. The number of halogens is 1. The lowest BCUT2D eigenvalue weighted by atomic mass is 10.1. The van der Waals surface area contributed by atoms with Gasteiger partial charge < -0.3 is 5.73 Å². The second-order valence-electron chi connectivity index (χ2n) is 2.58. The summed E-state index contributed by atoms with van der Waals surface area (Å²) in [6, 6.07) is 3.47. The standard InChI is InChI=1S/C10H8FN3O/c1-2-7-4-3-5-9(11)8(7)6-13-14-10(12)15/h1,3-6H,(H3,12,14,15). The van der Waals surface area contributed by atoms with Crippen molar-refractivity contribution in [2.45, 2.75) is 0 Å². The maximum absolute atomic E-state index is 13.2. The lowest BCUT2D eigenvalue weighted by Gasteiger charge is -1.99. The average molecular weight is 205 g/mol. The van der Waals surface area contributed by atoms with Crippen LogP contribution in [0.5, 0.6) is 0 Å². The summed E-state index contributed by atoms with van der Waals surface area (Å²) < 4.78 is 13.2. The second kappa shape index (κ2) is 4.77. The molecule has 4 nitrogen and oxygen atoms in total. The number of hydrogen-bond acceptors (Lipinski definition) is 2. The molecular weight excluding hydrogens is 197 g/mol. The highest BCUT2D eigenvalue weighted by Gasteiger charge is 2.03. The second-order valence-corrected chi connectivity index (χ2v) is 2.58. The Morgan fingerprint density at radius 2 is 2.40 bits per heavy atom. The molecular formula is C10H8FN3O. The molecule has 0 unspecified atom stereocenters. The molecule has 0 bridgehead atoms. The highest BCUT2D eigenvalue weighted by atomic mass is 19.1. The molecule has 0 saturated carbocycles. The van der Waals surface area contributed by atoms with Crippen LogP contribution in [0.15, 0.2) is 23.3 Å². The number of carbonyl (C=O) groups excluding carboxylic acids is 1. The van der Waals surface area contributed by atoms with Gasteiger partial charge in [-0.15, -0.1) is 6.42 Å². The maximum atomic E-state index is 13.2. The van der Waals surface area contributed by atoms with E-state index < -0.39 is 11.8 Å². The lowest BCUT2D eigenvalue weighted by molar-refractivity contribution is 0.249. The lowest BCUT2D eigenvalue weighted by Crippen LogP contribution is -2.24. The highest BCUT2D eigenvalue weighted by molar-refractivity contribution is 5.84. The van der Waals surface area contributed by atoms with E-state index in [2.05, 4.69) is 11.0 Å². The number of rotatable bonds is 2. The molecule has 1 rings (SSSR count). The fourth-order valence-corrected chi connectivity index (χ4v) is 0.955. The molecule has 0 atom stereocenters. The van der Waals surface area contributed by atoms with Gasteiger partial charge >= 0.3 is 6.03 Å². The Hall–Kier alpha value is -2.35. The molecule has 0 aliphatic heterocycles. The number of primary amides is 1. The summed E-state index contributed by atoms with van der Waals surface area (Å²) in [5.41, 5.74) is 7.20. The molecule has 1 aromatic carbocycles. The van der Waals surface area contributed by atoms with Gasteiger partial charge in [0.05, 0.1) is 6.21 Å². The van der Waals surface area contributed by atoms with Gasteiger partial charge in [0.15, 0.2) is 0 Å². The largest absolute Gasteiger partial charge is 0.350 e. The minimum Gasteiger partial charge on any atom is -0.350 e. The Kier molecular flexibility index (Phi) is 3.41. The van der Waals surface area contributed by atoms with Crippen LogP contribution < -0.4 is 11.2 Å². The molecule has 3 N–H and O–H groups in total. The minimum atomic E-state index is -0.829. The number of urea groups is 1. The molecule has 0 aromatic heterocycles. The first-order valence-corrected chi connectivity index (χ1v) is 3.98. The van der Waals surface area contributed by atoms with Crippen molar-refractivity contribution in [3.63, 3.8) is 0 Å². The molecule has 0 heterocycles. The Balaban J connectivity index is 2.98. The first-order valence-electron chi connectivity index (χ1n) is 3.98. The van der Waals surface area contributed by atoms with E-state index in [9.17, 15) is 9.18 Å². The van der Waals surface area contributed by atoms with Gasteiger partial charge in [0, 0.05) is 11.1 Å². The normalized spacial score (nSPS) is 9.87. The van der Waals surface area contributed by atoms with Crippen LogP contribution in [0.2, 0.25) is 0 Å². The van der Waals surface area contributed by atoms with Gasteiger partial charge in [-0.1, -0.05) is 12.0 Å². The van der Waals surface area contributed by atoms with Crippen molar-refractivity contribution >= 4 is 12.2 Å². The van der Waals surface area contributed by atoms with Crippen molar-refractivity contribution < 1.29 is 9.18 Å². The maximum Gasteiger partial charge on any atom is 0.332 e. The van der Waals surface area contributed by atoms with E-state index in [1.54, 1.807) is 6.07 Å². The van der Waals surface area contributed by atoms with Crippen LogP contribution in [-0.4, -0.2) is 12.2 Å². The number of hydrogen-bond donors (Lipinski definition) is 2. The van der Waals surface area contributed by atoms with Crippen LogP contribution in [0.3, 0.4) is 0 Å². The van der Waals surface area contributed by atoms with Crippen LogP contribution in [-0.2, 0) is 0 Å². The van der Waals surface area contributed by atoms with E-state index in [0.29, 0.717) is 5.56 Å². The Bertz CT molecular complexity index is 448. The number of nitrogens with one attached hydrogen (secondary N) is 1. The van der Waals surface area contributed by atoms with E-state index in [-0.39, 0.29) is 5.56 Å². The summed E-state index contributed by atoms with van der Waals surface area (Å²) in [5.74, 6) is 1.79. The summed E-state index contributed by atoms with van der Waals surface area (Å²) in [4.78, 5) is 10.3. The van der Waals surface area contributed by atoms with E-state index in [0.717, 1.165) is 6.21 Å². The van der Waals surface area contributed by atoms with Crippen LogP contribution >= 0.6 is 0 Å². The van der Waals surface area contributed by atoms with Crippen LogP contribution in [0.4, 0.5) is 9.18 Å². The van der Waals surface area contributed by atoms with Gasteiger partial charge in [0.25, 0.3) is 0 Å². The summed E-state index contributed by atoms with van der Waals surface area (Å²) in [7, 11) is 0. The Morgan fingerprint density at radius 3 is 3.00 bits per heavy atom. The number of terminal acetylenes is 1. The number of benzene rings is 1. The van der Waals surface area contributed by atoms with Gasteiger partial charge in [-0.05, 0) is 12.1 Å². The third-order valence-corrected chi connectivity index (χ3v) is 1.58. The Morgan fingerprint density at radius 1 is 1.67 bits per heavy atom. The molecule has 0 radical (unpaired) electrons. The minimum absolute atomic E-state index is 0.133. The monoisotopic (exact) mass is 205 g/mol. The average Bonchev–Trinajstić information content (AvgIpc) is 2.20. The number of nitrogens with zero attached hydrogens (tertiary/aromatic N) is 1. The van der Waals surface area contributed by atoms with Crippen molar-refractivity contribution in [2.24, 2.45) is 10.8 Å².